The highest BCUT2D eigenvalue weighted by Crippen LogP contribution is 2.69. The molecule has 33 heavy (non-hydrogen) atoms. The van der Waals surface area contributed by atoms with Gasteiger partial charge in [0.25, 0.3) is 0 Å². The molecule has 2 aliphatic carbocycles. The lowest BCUT2D eigenvalue weighted by molar-refractivity contribution is 0.243. The Bertz CT molecular complexity index is 1390. The van der Waals surface area contributed by atoms with Gasteiger partial charge in [-0.15, -0.1) is 10.2 Å². The van der Waals surface area contributed by atoms with E-state index < -0.39 is 17.0 Å². The van der Waals surface area contributed by atoms with Crippen LogP contribution in [-0.4, -0.2) is 35.3 Å². The van der Waals surface area contributed by atoms with Gasteiger partial charge in [-0.05, 0) is 60.9 Å². The van der Waals surface area contributed by atoms with Crippen molar-refractivity contribution in [3.8, 4) is 22.9 Å². The summed E-state index contributed by atoms with van der Waals surface area (Å²) in [6.45, 7) is 6.23. The van der Waals surface area contributed by atoms with Crippen LogP contribution in [0.3, 0.4) is 0 Å². The molecule has 3 aromatic heterocycles. The van der Waals surface area contributed by atoms with Crippen molar-refractivity contribution in [1.82, 2.24) is 35.3 Å². The molecule has 4 aromatic rings. The van der Waals surface area contributed by atoms with Gasteiger partial charge in [0, 0.05) is 6.20 Å². The van der Waals surface area contributed by atoms with E-state index in [1.165, 1.54) is 18.2 Å². The van der Waals surface area contributed by atoms with Crippen LogP contribution in [0.1, 0.15) is 55.4 Å². The molecular formula is C24H21F2N7. The number of hydrogen-bond acceptors (Lipinski definition) is 6. The smallest absolute Gasteiger partial charge is 0.218 e. The van der Waals surface area contributed by atoms with E-state index in [4.69, 9.17) is 4.98 Å². The third kappa shape index (κ3) is 2.59. The first kappa shape index (κ1) is 20.0. The number of aromatic amines is 1. The second-order valence-electron chi connectivity index (χ2n) is 9.36. The number of nitrogens with zero attached hydrogens (tertiary/aromatic N) is 6. The molecule has 0 aliphatic heterocycles. The second kappa shape index (κ2) is 6.69. The molecule has 7 nitrogen and oxygen atoms in total. The second-order valence-corrected chi connectivity index (χ2v) is 9.36. The van der Waals surface area contributed by atoms with E-state index >= 15 is 0 Å². The van der Waals surface area contributed by atoms with Crippen molar-refractivity contribution in [2.24, 2.45) is 5.41 Å². The van der Waals surface area contributed by atoms with Gasteiger partial charge in [-0.1, -0.05) is 19.9 Å². The van der Waals surface area contributed by atoms with Gasteiger partial charge >= 0.3 is 0 Å². The van der Waals surface area contributed by atoms with Gasteiger partial charge in [0.15, 0.2) is 5.82 Å². The summed E-state index contributed by atoms with van der Waals surface area (Å²) in [6, 6.07) is 7.53. The lowest BCUT2D eigenvalue weighted by atomic mass is 9.66. The number of rotatable bonds is 3. The van der Waals surface area contributed by atoms with Crippen molar-refractivity contribution in [2.75, 3.05) is 0 Å². The Kier molecular flexibility index (Phi) is 4.06. The van der Waals surface area contributed by atoms with Gasteiger partial charge in [-0.25, -0.2) is 23.7 Å². The van der Waals surface area contributed by atoms with Crippen molar-refractivity contribution < 1.29 is 8.78 Å². The van der Waals surface area contributed by atoms with Crippen molar-refractivity contribution in [1.29, 1.82) is 0 Å². The largest absolute Gasteiger partial charge is 0.263 e. The van der Waals surface area contributed by atoms with E-state index in [1.807, 2.05) is 13.0 Å². The van der Waals surface area contributed by atoms with Gasteiger partial charge in [-0.2, -0.15) is 5.10 Å². The van der Waals surface area contributed by atoms with E-state index in [0.717, 1.165) is 29.8 Å². The first-order valence-electron chi connectivity index (χ1n) is 10.9. The fourth-order valence-electron chi connectivity index (χ4n) is 5.90. The Morgan fingerprint density at radius 2 is 1.82 bits per heavy atom. The molecule has 1 saturated carbocycles. The molecule has 1 aromatic carbocycles. The molecule has 6 rings (SSSR count). The standard InChI is InChI=1S/C24H21F2N7/c1-12-28-22(33-30-12)21-27-10-8-18(29-21)24-9-7-14(23(24,2)3)13-11-17(31-32-20(13)24)19-15(25)5-4-6-16(19)26/h4-6,8,10-11,14H,7,9H2,1-3H3,(H,28,30,33)/t14-,24+/m0/s1. The molecule has 2 bridgehead atoms. The minimum absolute atomic E-state index is 0.147. The number of nitrogens with one attached hydrogen (secondary N) is 1. The number of benzene rings is 1. The summed E-state index contributed by atoms with van der Waals surface area (Å²) in [4.78, 5) is 13.6. The molecule has 3 heterocycles. The summed E-state index contributed by atoms with van der Waals surface area (Å²) in [7, 11) is 0. The monoisotopic (exact) mass is 445 g/mol. The van der Waals surface area contributed by atoms with Crippen molar-refractivity contribution in [3.05, 3.63) is 70.9 Å². The minimum atomic E-state index is -0.649. The zero-order valence-corrected chi connectivity index (χ0v) is 18.4. The highest BCUT2D eigenvalue weighted by molar-refractivity contribution is 5.64. The summed E-state index contributed by atoms with van der Waals surface area (Å²) in [6.07, 6.45) is 3.49. The molecule has 2 aliphatic rings. The molecule has 1 N–H and O–H groups in total. The van der Waals surface area contributed by atoms with E-state index in [2.05, 4.69) is 44.2 Å². The Morgan fingerprint density at radius 1 is 1.03 bits per heavy atom. The highest BCUT2D eigenvalue weighted by Gasteiger charge is 2.65. The first-order chi connectivity index (χ1) is 15.8. The molecule has 0 amide bonds. The summed E-state index contributed by atoms with van der Waals surface area (Å²) in [5.41, 5.74) is 1.98. The van der Waals surface area contributed by atoms with E-state index in [-0.39, 0.29) is 22.6 Å². The van der Waals surface area contributed by atoms with Gasteiger partial charge in [-0.3, -0.25) is 5.10 Å². The number of aromatic nitrogens is 7. The summed E-state index contributed by atoms with van der Waals surface area (Å²) >= 11 is 0. The highest BCUT2D eigenvalue weighted by atomic mass is 19.1. The zero-order chi connectivity index (χ0) is 23.0. The maximum atomic E-state index is 14.4. The van der Waals surface area contributed by atoms with Crippen LogP contribution in [0.2, 0.25) is 0 Å². The molecule has 2 atom stereocenters. The average molecular weight is 445 g/mol. The summed E-state index contributed by atoms with van der Waals surface area (Å²) < 4.78 is 28.9. The van der Waals surface area contributed by atoms with Crippen LogP contribution in [-0.2, 0) is 5.41 Å². The predicted octanol–water partition coefficient (Wildman–Crippen LogP) is 4.51. The predicted molar refractivity (Wildman–Crippen MR) is 116 cm³/mol. The molecule has 1 fully saturated rings. The Morgan fingerprint density at radius 3 is 2.55 bits per heavy atom. The van der Waals surface area contributed by atoms with Crippen LogP contribution in [0.4, 0.5) is 8.78 Å². The van der Waals surface area contributed by atoms with E-state index in [1.54, 1.807) is 12.3 Å². The lowest BCUT2D eigenvalue weighted by Gasteiger charge is -2.37. The molecule has 9 heteroatoms. The molecular weight excluding hydrogens is 424 g/mol. The van der Waals surface area contributed by atoms with E-state index in [0.29, 0.717) is 17.5 Å². The number of aryl methyl sites for hydroxylation is 1. The van der Waals surface area contributed by atoms with Gasteiger partial charge < -0.3 is 0 Å². The van der Waals surface area contributed by atoms with Gasteiger partial charge in [0.2, 0.25) is 5.82 Å². The van der Waals surface area contributed by atoms with Crippen molar-refractivity contribution in [2.45, 2.75) is 44.9 Å². The third-order valence-corrected chi connectivity index (χ3v) is 7.49. The molecule has 0 saturated heterocycles. The van der Waals surface area contributed by atoms with Crippen LogP contribution in [0.15, 0.2) is 36.5 Å². The van der Waals surface area contributed by atoms with Crippen molar-refractivity contribution >= 4 is 0 Å². The van der Waals surface area contributed by atoms with Crippen LogP contribution in [0, 0.1) is 24.0 Å². The van der Waals surface area contributed by atoms with Gasteiger partial charge in [0.05, 0.1) is 28.1 Å². The Labute approximate surface area is 188 Å². The number of H-pyrrole nitrogens is 1. The van der Waals surface area contributed by atoms with E-state index in [9.17, 15) is 8.78 Å². The Balaban J connectivity index is 1.53. The molecule has 0 unspecified atom stereocenters. The Hall–Kier alpha value is -3.62. The number of halogens is 2. The molecule has 166 valence electrons. The van der Waals surface area contributed by atoms with Crippen LogP contribution in [0.25, 0.3) is 22.9 Å². The fourth-order valence-corrected chi connectivity index (χ4v) is 5.90. The average Bonchev–Trinajstić information content (AvgIpc) is 3.40. The number of hydrogen-bond donors (Lipinski definition) is 1. The lowest BCUT2D eigenvalue weighted by Crippen LogP contribution is -2.38. The van der Waals surface area contributed by atoms with Crippen molar-refractivity contribution in [3.63, 3.8) is 0 Å². The maximum absolute atomic E-state index is 14.4. The van der Waals surface area contributed by atoms with Gasteiger partial charge in [0.1, 0.15) is 17.5 Å². The fraction of sp³-hybridized carbons (Fsp3) is 0.333. The SMILES string of the molecule is Cc1nc(-c2nccc([C@]34CC[C@@H](c5cc(-c6c(F)cccc6F)nnc53)C4(C)C)n2)n[nH]1. The minimum Gasteiger partial charge on any atom is -0.263 e. The molecule has 0 radical (unpaired) electrons. The third-order valence-electron chi connectivity index (χ3n) is 7.49. The topological polar surface area (TPSA) is 93.1 Å². The summed E-state index contributed by atoms with van der Waals surface area (Å²) in [5, 5.41) is 15.9. The quantitative estimate of drug-likeness (QED) is 0.499. The zero-order valence-electron chi connectivity index (χ0n) is 18.4. The van der Waals surface area contributed by atoms with Crippen LogP contribution >= 0.6 is 0 Å². The first-order valence-corrected chi connectivity index (χ1v) is 10.9. The van der Waals surface area contributed by atoms with Crippen LogP contribution < -0.4 is 0 Å². The normalized spacial score (nSPS) is 22.5. The number of fused-ring (bicyclic) bond motifs is 5. The van der Waals surface area contributed by atoms with Crippen LogP contribution in [0.5, 0.6) is 0 Å². The summed E-state index contributed by atoms with van der Waals surface area (Å²) in [5.74, 6) is 0.432. The maximum Gasteiger partial charge on any atom is 0.218 e. The molecule has 0 spiro atoms.